The summed E-state index contributed by atoms with van der Waals surface area (Å²) in [7, 11) is 1.17. The molecule has 0 aliphatic rings. The highest BCUT2D eigenvalue weighted by atomic mass is 32.1. The zero-order chi connectivity index (χ0) is 19.6. The lowest BCUT2D eigenvalue weighted by molar-refractivity contribution is -0.143. The highest BCUT2D eigenvalue weighted by Crippen LogP contribution is 2.34. The van der Waals surface area contributed by atoms with Gasteiger partial charge >= 0.3 is 12.1 Å². The molecule has 6 nitrogen and oxygen atoms in total. The molecule has 3 rings (SSSR count). The number of aromatic nitrogens is 2. The van der Waals surface area contributed by atoms with Crippen molar-refractivity contribution in [2.75, 3.05) is 12.4 Å². The van der Waals surface area contributed by atoms with Gasteiger partial charge in [0, 0.05) is 0 Å². The van der Waals surface area contributed by atoms with E-state index < -0.39 is 29.3 Å². The molecule has 0 aliphatic carbocycles. The molecular formula is C17H12F3N3O3S. The Bertz CT molecular complexity index is 980. The van der Waals surface area contributed by atoms with E-state index in [1.165, 1.54) is 30.7 Å². The topological polar surface area (TPSA) is 73.2 Å². The van der Waals surface area contributed by atoms with Crippen molar-refractivity contribution >= 4 is 28.9 Å². The number of methoxy groups -OCH3 is 1. The molecule has 0 saturated carbocycles. The minimum atomic E-state index is -4.82. The first-order valence-electron chi connectivity index (χ1n) is 7.50. The van der Waals surface area contributed by atoms with Gasteiger partial charge in [-0.1, -0.05) is 18.2 Å². The van der Waals surface area contributed by atoms with E-state index in [-0.39, 0.29) is 16.3 Å². The van der Waals surface area contributed by atoms with Crippen LogP contribution < -0.4 is 5.32 Å². The fraction of sp³-hybridized carbons (Fsp3) is 0.118. The molecule has 2 heterocycles. The fourth-order valence-corrected chi connectivity index (χ4v) is 3.17. The Kier molecular flexibility index (Phi) is 5.00. The number of anilines is 1. The number of rotatable bonds is 4. The summed E-state index contributed by atoms with van der Waals surface area (Å²) in [6.07, 6.45) is -3.98. The van der Waals surface area contributed by atoms with Crippen LogP contribution >= 0.6 is 11.3 Å². The molecule has 0 unspecified atom stereocenters. The molecule has 140 valence electrons. The average Bonchev–Trinajstić information content (AvgIpc) is 3.28. The Labute approximate surface area is 155 Å². The fourth-order valence-electron chi connectivity index (χ4n) is 2.40. The number of ether oxygens (including phenoxy) is 1. The Morgan fingerprint density at radius 3 is 2.52 bits per heavy atom. The van der Waals surface area contributed by atoms with E-state index in [9.17, 15) is 22.8 Å². The molecule has 1 aromatic carbocycles. The summed E-state index contributed by atoms with van der Waals surface area (Å²) in [6.45, 7) is 0. The molecule has 0 fully saturated rings. The highest BCUT2D eigenvalue weighted by Gasteiger charge is 2.40. The van der Waals surface area contributed by atoms with Crippen molar-refractivity contribution in [3.63, 3.8) is 0 Å². The Hall–Kier alpha value is -3.14. The third kappa shape index (κ3) is 3.70. The zero-order valence-corrected chi connectivity index (χ0v) is 14.6. The number of para-hydroxylation sites is 1. The van der Waals surface area contributed by atoms with Crippen LogP contribution in [0.4, 0.5) is 18.9 Å². The molecule has 2 aromatic heterocycles. The molecule has 0 atom stereocenters. The molecular weight excluding hydrogens is 383 g/mol. The van der Waals surface area contributed by atoms with Gasteiger partial charge in [0.25, 0.3) is 5.91 Å². The van der Waals surface area contributed by atoms with Crippen LogP contribution in [-0.4, -0.2) is 28.8 Å². The van der Waals surface area contributed by atoms with Crippen LogP contribution in [-0.2, 0) is 10.9 Å². The number of benzene rings is 1. The molecule has 0 bridgehead atoms. The lowest BCUT2D eigenvalue weighted by Crippen LogP contribution is -2.21. The second-order valence-electron chi connectivity index (χ2n) is 5.26. The molecule has 0 spiro atoms. The number of amides is 1. The van der Waals surface area contributed by atoms with Gasteiger partial charge in [-0.15, -0.1) is 11.3 Å². The Morgan fingerprint density at radius 2 is 1.89 bits per heavy atom. The van der Waals surface area contributed by atoms with Gasteiger partial charge in [-0.3, -0.25) is 4.79 Å². The normalized spacial score (nSPS) is 11.3. The standard InChI is InChI=1S/C17H12F3N3O3S/c1-26-16(25)13-12(7-8-27-13)22-15(24)11-9-21-23(14(11)17(18,19)20)10-5-3-2-4-6-10/h2-9H,1H3,(H,22,24). The van der Waals surface area contributed by atoms with Crippen molar-refractivity contribution in [2.24, 2.45) is 0 Å². The predicted molar refractivity (Wildman–Crippen MR) is 92.2 cm³/mol. The van der Waals surface area contributed by atoms with Gasteiger partial charge in [0.15, 0.2) is 5.69 Å². The van der Waals surface area contributed by atoms with Crippen molar-refractivity contribution < 1.29 is 27.5 Å². The quantitative estimate of drug-likeness (QED) is 0.678. The summed E-state index contributed by atoms with van der Waals surface area (Å²) >= 11 is 0.999. The van der Waals surface area contributed by atoms with Crippen molar-refractivity contribution in [2.45, 2.75) is 6.18 Å². The highest BCUT2D eigenvalue weighted by molar-refractivity contribution is 7.12. The van der Waals surface area contributed by atoms with E-state index in [0.29, 0.717) is 4.68 Å². The number of nitrogens with one attached hydrogen (secondary N) is 1. The van der Waals surface area contributed by atoms with Crippen molar-refractivity contribution in [3.05, 3.63) is 64.1 Å². The number of esters is 1. The minimum Gasteiger partial charge on any atom is -0.465 e. The zero-order valence-electron chi connectivity index (χ0n) is 13.8. The van der Waals surface area contributed by atoms with Crippen LogP contribution in [0.25, 0.3) is 5.69 Å². The van der Waals surface area contributed by atoms with Gasteiger partial charge < -0.3 is 10.1 Å². The number of thiophene rings is 1. The lowest BCUT2D eigenvalue weighted by atomic mass is 10.2. The number of halogens is 3. The second-order valence-corrected chi connectivity index (χ2v) is 6.18. The van der Waals surface area contributed by atoms with Crippen LogP contribution in [0.5, 0.6) is 0 Å². The maximum atomic E-state index is 13.6. The maximum Gasteiger partial charge on any atom is 0.434 e. The van der Waals surface area contributed by atoms with E-state index in [4.69, 9.17) is 0 Å². The first-order valence-corrected chi connectivity index (χ1v) is 8.38. The van der Waals surface area contributed by atoms with Gasteiger partial charge in [0.05, 0.1) is 30.2 Å². The van der Waals surface area contributed by atoms with E-state index in [0.717, 1.165) is 17.5 Å². The van der Waals surface area contributed by atoms with E-state index >= 15 is 0 Å². The largest absolute Gasteiger partial charge is 0.465 e. The van der Waals surface area contributed by atoms with Gasteiger partial charge in [0.2, 0.25) is 0 Å². The summed E-state index contributed by atoms with van der Waals surface area (Å²) < 4.78 is 46.1. The number of hydrogen-bond donors (Lipinski definition) is 1. The number of nitrogens with zero attached hydrogens (tertiary/aromatic N) is 2. The molecule has 1 N–H and O–H groups in total. The molecule has 3 aromatic rings. The SMILES string of the molecule is COC(=O)c1sccc1NC(=O)c1cnn(-c2ccccc2)c1C(F)(F)F. The minimum absolute atomic E-state index is 0.0671. The van der Waals surface area contributed by atoms with E-state index in [2.05, 4.69) is 15.2 Å². The van der Waals surface area contributed by atoms with Crippen molar-refractivity contribution in [3.8, 4) is 5.69 Å². The maximum absolute atomic E-state index is 13.6. The second kappa shape index (κ2) is 7.23. The third-order valence-corrected chi connectivity index (χ3v) is 4.46. The van der Waals surface area contributed by atoms with Crippen LogP contribution in [0.2, 0.25) is 0 Å². The molecule has 0 saturated heterocycles. The summed E-state index contributed by atoms with van der Waals surface area (Å²) in [5, 5.41) is 7.55. The van der Waals surface area contributed by atoms with Gasteiger partial charge in [-0.05, 0) is 23.6 Å². The monoisotopic (exact) mass is 395 g/mol. The van der Waals surface area contributed by atoms with Crippen molar-refractivity contribution in [1.29, 1.82) is 0 Å². The van der Waals surface area contributed by atoms with Crippen LogP contribution in [0.15, 0.2) is 48.0 Å². The van der Waals surface area contributed by atoms with E-state index in [1.807, 2.05) is 0 Å². The molecule has 0 aliphatic heterocycles. The Morgan fingerprint density at radius 1 is 1.19 bits per heavy atom. The van der Waals surface area contributed by atoms with Crippen molar-refractivity contribution in [1.82, 2.24) is 9.78 Å². The molecule has 10 heteroatoms. The average molecular weight is 395 g/mol. The first kappa shape index (κ1) is 18.6. The smallest absolute Gasteiger partial charge is 0.434 e. The number of hydrogen-bond acceptors (Lipinski definition) is 5. The number of carbonyl (C=O) groups is 2. The molecule has 1 amide bonds. The van der Waals surface area contributed by atoms with Gasteiger partial charge in [-0.2, -0.15) is 18.3 Å². The van der Waals surface area contributed by atoms with Crippen LogP contribution in [0.1, 0.15) is 25.7 Å². The summed E-state index contributed by atoms with van der Waals surface area (Å²) in [4.78, 5) is 24.2. The third-order valence-electron chi connectivity index (χ3n) is 3.57. The van der Waals surface area contributed by atoms with Gasteiger partial charge in [-0.25, -0.2) is 9.48 Å². The lowest BCUT2D eigenvalue weighted by Gasteiger charge is -2.13. The van der Waals surface area contributed by atoms with Gasteiger partial charge in [0.1, 0.15) is 4.88 Å². The molecule has 27 heavy (non-hydrogen) atoms. The van der Waals surface area contributed by atoms with Crippen LogP contribution in [0, 0.1) is 0 Å². The Balaban J connectivity index is 2.00. The first-order chi connectivity index (χ1) is 12.8. The molecule has 0 radical (unpaired) electrons. The number of alkyl halides is 3. The summed E-state index contributed by atoms with van der Waals surface area (Å²) in [5.74, 6) is -1.73. The summed E-state index contributed by atoms with van der Waals surface area (Å²) in [5.41, 5.74) is -1.64. The van der Waals surface area contributed by atoms with Crippen LogP contribution in [0.3, 0.4) is 0 Å². The number of carbonyl (C=O) groups excluding carboxylic acids is 2. The van der Waals surface area contributed by atoms with E-state index in [1.54, 1.807) is 18.2 Å². The summed E-state index contributed by atoms with van der Waals surface area (Å²) in [6, 6.07) is 9.06. The predicted octanol–water partition coefficient (Wildman–Crippen LogP) is 3.99.